The van der Waals surface area contributed by atoms with Crippen LogP contribution in [0.2, 0.25) is 0 Å². The summed E-state index contributed by atoms with van der Waals surface area (Å²) in [5.74, 6) is -0.658. The molecule has 0 radical (unpaired) electrons. The Bertz CT molecular complexity index is 1160. The molecule has 7 nitrogen and oxygen atoms in total. The highest BCUT2D eigenvalue weighted by molar-refractivity contribution is 6.05. The SMILES string of the molecule is Cc1ccc2c(=O)c(C(=O)Nc3ccccc3)cn(CC(=O)NC3CCCCC3)c2n1. The number of nitrogens with one attached hydrogen (secondary N) is 2. The molecule has 1 aliphatic carbocycles. The third-order valence-electron chi connectivity index (χ3n) is 5.62. The van der Waals surface area contributed by atoms with Gasteiger partial charge < -0.3 is 15.2 Å². The van der Waals surface area contributed by atoms with Crippen LogP contribution in [0.15, 0.2) is 53.5 Å². The second-order valence-corrected chi connectivity index (χ2v) is 8.05. The number of aromatic nitrogens is 2. The summed E-state index contributed by atoms with van der Waals surface area (Å²) in [6, 6.07) is 12.5. The number of nitrogens with zero attached hydrogens (tertiary/aromatic N) is 2. The Labute approximate surface area is 180 Å². The Balaban J connectivity index is 1.66. The van der Waals surface area contributed by atoms with E-state index in [1.54, 1.807) is 41.0 Å². The first-order valence-corrected chi connectivity index (χ1v) is 10.7. The van der Waals surface area contributed by atoms with Crippen LogP contribution in [-0.2, 0) is 11.3 Å². The highest BCUT2D eigenvalue weighted by atomic mass is 16.2. The summed E-state index contributed by atoms with van der Waals surface area (Å²) in [6.07, 6.45) is 6.86. The van der Waals surface area contributed by atoms with Crippen molar-refractivity contribution >= 4 is 28.5 Å². The van der Waals surface area contributed by atoms with Crippen LogP contribution in [-0.4, -0.2) is 27.4 Å². The number of para-hydroxylation sites is 1. The van der Waals surface area contributed by atoms with Crippen molar-refractivity contribution in [1.82, 2.24) is 14.9 Å². The zero-order chi connectivity index (χ0) is 21.8. The Morgan fingerprint density at radius 2 is 1.81 bits per heavy atom. The number of hydrogen-bond donors (Lipinski definition) is 2. The Kier molecular flexibility index (Phi) is 6.11. The average molecular weight is 418 g/mol. The van der Waals surface area contributed by atoms with E-state index in [1.807, 2.05) is 13.0 Å². The monoisotopic (exact) mass is 418 g/mol. The van der Waals surface area contributed by atoms with Crippen LogP contribution in [0.25, 0.3) is 11.0 Å². The van der Waals surface area contributed by atoms with Gasteiger partial charge in [-0.15, -0.1) is 0 Å². The lowest BCUT2D eigenvalue weighted by Gasteiger charge is -2.23. The van der Waals surface area contributed by atoms with Gasteiger partial charge in [-0.05, 0) is 44.0 Å². The molecule has 0 unspecified atom stereocenters. The van der Waals surface area contributed by atoms with E-state index in [0.29, 0.717) is 16.7 Å². The first-order valence-electron chi connectivity index (χ1n) is 10.7. The first kappa shape index (κ1) is 20.8. The number of pyridine rings is 2. The molecule has 4 rings (SSSR count). The maximum absolute atomic E-state index is 13.0. The minimum atomic E-state index is -0.514. The van der Waals surface area contributed by atoms with Gasteiger partial charge in [0.25, 0.3) is 5.91 Å². The zero-order valence-corrected chi connectivity index (χ0v) is 17.6. The summed E-state index contributed by atoms with van der Waals surface area (Å²) in [5, 5.41) is 6.15. The molecular formula is C24H26N4O3. The molecule has 2 aromatic heterocycles. The minimum Gasteiger partial charge on any atom is -0.352 e. The van der Waals surface area contributed by atoms with Gasteiger partial charge >= 0.3 is 0 Å². The molecule has 0 bridgehead atoms. The van der Waals surface area contributed by atoms with Gasteiger partial charge in [0.2, 0.25) is 11.3 Å². The van der Waals surface area contributed by atoms with Crippen LogP contribution in [0, 0.1) is 6.92 Å². The number of aryl methyl sites for hydroxylation is 1. The number of anilines is 1. The molecule has 1 aliphatic rings. The first-order chi connectivity index (χ1) is 15.0. The molecule has 1 saturated carbocycles. The number of amides is 2. The molecule has 2 N–H and O–H groups in total. The topological polar surface area (TPSA) is 93.1 Å². The Morgan fingerprint density at radius 1 is 1.06 bits per heavy atom. The van der Waals surface area contributed by atoms with Crippen molar-refractivity contribution in [1.29, 1.82) is 0 Å². The molecule has 2 amide bonds. The molecule has 31 heavy (non-hydrogen) atoms. The van der Waals surface area contributed by atoms with E-state index in [9.17, 15) is 14.4 Å². The molecule has 0 saturated heterocycles. The summed E-state index contributed by atoms with van der Waals surface area (Å²) in [4.78, 5) is 43.1. The average Bonchev–Trinajstić information content (AvgIpc) is 2.77. The fourth-order valence-electron chi connectivity index (χ4n) is 4.04. The van der Waals surface area contributed by atoms with E-state index in [-0.39, 0.29) is 24.1 Å². The predicted octanol–water partition coefficient (Wildman–Crippen LogP) is 3.41. The van der Waals surface area contributed by atoms with E-state index in [1.165, 1.54) is 12.6 Å². The Morgan fingerprint density at radius 3 is 2.55 bits per heavy atom. The molecule has 2 heterocycles. The second kappa shape index (κ2) is 9.12. The van der Waals surface area contributed by atoms with Gasteiger partial charge in [0, 0.05) is 23.6 Å². The molecule has 1 fully saturated rings. The second-order valence-electron chi connectivity index (χ2n) is 8.05. The van der Waals surface area contributed by atoms with Crippen molar-refractivity contribution in [2.24, 2.45) is 0 Å². The summed E-state index contributed by atoms with van der Waals surface area (Å²) in [6.45, 7) is 1.82. The van der Waals surface area contributed by atoms with Gasteiger partial charge in [0.1, 0.15) is 17.8 Å². The number of carbonyl (C=O) groups is 2. The summed E-state index contributed by atoms with van der Waals surface area (Å²) < 4.78 is 1.60. The van der Waals surface area contributed by atoms with Crippen LogP contribution < -0.4 is 16.1 Å². The Hall–Kier alpha value is -3.48. The van der Waals surface area contributed by atoms with Crippen molar-refractivity contribution in [3.05, 3.63) is 70.1 Å². The van der Waals surface area contributed by atoms with E-state index in [4.69, 9.17) is 0 Å². The van der Waals surface area contributed by atoms with E-state index >= 15 is 0 Å². The summed E-state index contributed by atoms with van der Waals surface area (Å²) >= 11 is 0. The molecule has 0 atom stereocenters. The number of hydrogen-bond acceptors (Lipinski definition) is 4. The molecule has 0 spiro atoms. The number of fused-ring (bicyclic) bond motifs is 1. The maximum atomic E-state index is 13.0. The largest absolute Gasteiger partial charge is 0.352 e. The lowest BCUT2D eigenvalue weighted by molar-refractivity contribution is -0.122. The number of benzene rings is 1. The quantitative estimate of drug-likeness (QED) is 0.664. The van der Waals surface area contributed by atoms with Crippen molar-refractivity contribution < 1.29 is 9.59 Å². The van der Waals surface area contributed by atoms with Gasteiger partial charge in [0.15, 0.2) is 0 Å². The lowest BCUT2D eigenvalue weighted by Crippen LogP contribution is -2.38. The van der Waals surface area contributed by atoms with Gasteiger partial charge in [-0.1, -0.05) is 37.5 Å². The lowest BCUT2D eigenvalue weighted by atomic mass is 9.95. The zero-order valence-electron chi connectivity index (χ0n) is 17.6. The van der Waals surface area contributed by atoms with E-state index < -0.39 is 11.3 Å². The van der Waals surface area contributed by atoms with Gasteiger partial charge in [-0.2, -0.15) is 0 Å². The van der Waals surface area contributed by atoms with Crippen LogP contribution >= 0.6 is 0 Å². The van der Waals surface area contributed by atoms with E-state index in [2.05, 4.69) is 15.6 Å². The smallest absolute Gasteiger partial charge is 0.261 e. The summed E-state index contributed by atoms with van der Waals surface area (Å²) in [5.41, 5.74) is 1.30. The fourth-order valence-corrected chi connectivity index (χ4v) is 4.04. The van der Waals surface area contributed by atoms with Crippen LogP contribution in [0.1, 0.15) is 48.2 Å². The van der Waals surface area contributed by atoms with Crippen molar-refractivity contribution in [2.75, 3.05) is 5.32 Å². The minimum absolute atomic E-state index is 0.00461. The fraction of sp³-hybridized carbons (Fsp3) is 0.333. The third kappa shape index (κ3) is 4.82. The third-order valence-corrected chi connectivity index (χ3v) is 5.62. The number of carbonyl (C=O) groups excluding carboxylic acids is 2. The van der Waals surface area contributed by atoms with Gasteiger partial charge in [0.05, 0.1) is 5.39 Å². The van der Waals surface area contributed by atoms with Crippen molar-refractivity contribution in [2.45, 2.75) is 51.6 Å². The van der Waals surface area contributed by atoms with Gasteiger partial charge in [-0.25, -0.2) is 4.98 Å². The molecule has 0 aliphatic heterocycles. The highest BCUT2D eigenvalue weighted by Gasteiger charge is 2.20. The molecule has 7 heteroatoms. The van der Waals surface area contributed by atoms with Gasteiger partial charge in [-0.3, -0.25) is 14.4 Å². The highest BCUT2D eigenvalue weighted by Crippen LogP contribution is 2.18. The van der Waals surface area contributed by atoms with Crippen molar-refractivity contribution in [3.63, 3.8) is 0 Å². The van der Waals surface area contributed by atoms with Crippen LogP contribution in [0.5, 0.6) is 0 Å². The van der Waals surface area contributed by atoms with Crippen LogP contribution in [0.3, 0.4) is 0 Å². The van der Waals surface area contributed by atoms with Crippen LogP contribution in [0.4, 0.5) is 5.69 Å². The molecular weight excluding hydrogens is 392 g/mol. The maximum Gasteiger partial charge on any atom is 0.261 e. The predicted molar refractivity (Wildman–Crippen MR) is 120 cm³/mol. The normalized spacial score (nSPS) is 14.4. The molecule has 160 valence electrons. The molecule has 1 aromatic carbocycles. The summed E-state index contributed by atoms with van der Waals surface area (Å²) in [7, 11) is 0. The standard InChI is InChI=1S/C24H26N4O3/c1-16-12-13-19-22(30)20(24(31)27-18-10-6-3-7-11-18)14-28(23(19)25-16)15-21(29)26-17-8-4-2-5-9-17/h3,6-7,10-14,17H,2,4-5,8-9,15H2,1H3,(H,26,29)(H,27,31). The molecule has 3 aromatic rings. The van der Waals surface area contributed by atoms with E-state index in [0.717, 1.165) is 31.4 Å². The van der Waals surface area contributed by atoms with Crippen molar-refractivity contribution in [3.8, 4) is 0 Å². The number of rotatable bonds is 5.